The van der Waals surface area contributed by atoms with Crippen molar-refractivity contribution >= 4 is 37.0 Å². The number of amides is 1. The van der Waals surface area contributed by atoms with Gasteiger partial charge in [0.1, 0.15) is 0 Å². The molecule has 1 aliphatic rings. The Hall–Kier alpha value is -0.630. The number of piperidine rings is 1. The van der Waals surface area contributed by atoms with E-state index in [1.54, 1.807) is 18.9 Å². The molecule has 0 aliphatic carbocycles. The minimum Gasteiger partial charge on any atom is -0.381 e. The predicted octanol–water partition coefficient (Wildman–Crippen LogP) is 2.24. The fourth-order valence-corrected chi connectivity index (χ4v) is 4.89. The van der Waals surface area contributed by atoms with Gasteiger partial charge in [-0.2, -0.15) is 0 Å². The van der Waals surface area contributed by atoms with Crippen LogP contribution in [-0.2, 0) is 13.8 Å². The van der Waals surface area contributed by atoms with Crippen LogP contribution in [0.5, 0.6) is 0 Å². The zero-order valence-electron chi connectivity index (χ0n) is 11.3. The Balaban J connectivity index is 2.15. The first-order chi connectivity index (χ1) is 9.32. The van der Waals surface area contributed by atoms with E-state index in [9.17, 15) is 13.2 Å². The lowest BCUT2D eigenvalue weighted by molar-refractivity contribution is 0.0353. The molecule has 0 bridgehead atoms. The van der Waals surface area contributed by atoms with Gasteiger partial charge in [-0.3, -0.25) is 4.79 Å². The molecule has 20 heavy (non-hydrogen) atoms. The summed E-state index contributed by atoms with van der Waals surface area (Å²) in [6, 6.07) is 1.37. The molecule has 112 valence electrons. The highest BCUT2D eigenvalue weighted by molar-refractivity contribution is 8.13. The molecule has 0 unspecified atom stereocenters. The molecule has 5 nitrogen and oxygen atoms in total. The summed E-state index contributed by atoms with van der Waals surface area (Å²) in [5.74, 6) is -0.140. The van der Waals surface area contributed by atoms with E-state index >= 15 is 0 Å². The maximum Gasteiger partial charge on any atom is 0.263 e. The standard InChI is InChI=1S/C12H16ClNO4S2/c1-8-11(20(13,16)17)7-10(19-8)12(15)14-5-3-9(18-2)4-6-14/h7,9H,3-6H2,1-2H3. The van der Waals surface area contributed by atoms with Gasteiger partial charge in [0.15, 0.2) is 0 Å². The van der Waals surface area contributed by atoms with Crippen LogP contribution < -0.4 is 0 Å². The van der Waals surface area contributed by atoms with E-state index < -0.39 is 9.05 Å². The third-order valence-corrected chi connectivity index (χ3v) is 6.02. The van der Waals surface area contributed by atoms with Crippen LogP contribution in [0.15, 0.2) is 11.0 Å². The van der Waals surface area contributed by atoms with Gasteiger partial charge >= 0.3 is 0 Å². The molecule has 1 saturated heterocycles. The summed E-state index contributed by atoms with van der Waals surface area (Å²) >= 11 is 1.16. The highest BCUT2D eigenvalue weighted by atomic mass is 35.7. The third kappa shape index (κ3) is 3.33. The molecule has 1 fully saturated rings. The first kappa shape index (κ1) is 15.8. The van der Waals surface area contributed by atoms with Gasteiger partial charge < -0.3 is 9.64 Å². The van der Waals surface area contributed by atoms with Gasteiger partial charge in [-0.1, -0.05) is 0 Å². The first-order valence-corrected chi connectivity index (χ1v) is 9.32. The summed E-state index contributed by atoms with van der Waals surface area (Å²) in [6.07, 6.45) is 1.79. The summed E-state index contributed by atoms with van der Waals surface area (Å²) in [4.78, 5) is 15.1. The number of hydrogen-bond donors (Lipinski definition) is 0. The molecular weight excluding hydrogens is 322 g/mol. The van der Waals surface area contributed by atoms with Crippen LogP contribution in [0.1, 0.15) is 27.4 Å². The van der Waals surface area contributed by atoms with Crippen molar-refractivity contribution in [1.29, 1.82) is 0 Å². The number of hydrogen-bond acceptors (Lipinski definition) is 5. The van der Waals surface area contributed by atoms with E-state index in [2.05, 4.69) is 0 Å². The molecule has 1 aliphatic heterocycles. The van der Waals surface area contributed by atoms with Gasteiger partial charge in [-0.25, -0.2) is 8.42 Å². The second kappa shape index (κ2) is 6.01. The lowest BCUT2D eigenvalue weighted by Gasteiger charge is -2.30. The molecule has 2 rings (SSSR count). The zero-order valence-corrected chi connectivity index (χ0v) is 13.6. The van der Waals surface area contributed by atoms with E-state index in [-0.39, 0.29) is 16.9 Å². The fraction of sp³-hybridized carbons (Fsp3) is 0.583. The molecule has 0 radical (unpaired) electrons. The van der Waals surface area contributed by atoms with Crippen LogP contribution >= 0.6 is 22.0 Å². The summed E-state index contributed by atoms with van der Waals surface area (Å²) in [5.41, 5.74) is 0. The number of nitrogens with zero attached hydrogens (tertiary/aromatic N) is 1. The molecule has 0 saturated carbocycles. The van der Waals surface area contributed by atoms with Gasteiger partial charge in [0.05, 0.1) is 15.9 Å². The zero-order chi connectivity index (χ0) is 14.9. The topological polar surface area (TPSA) is 63.7 Å². The van der Waals surface area contributed by atoms with Crippen LogP contribution in [0.3, 0.4) is 0 Å². The molecule has 0 atom stereocenters. The number of ether oxygens (including phenoxy) is 1. The Morgan fingerprint density at radius 3 is 2.50 bits per heavy atom. The van der Waals surface area contributed by atoms with Crippen LogP contribution in [0.4, 0.5) is 0 Å². The predicted molar refractivity (Wildman–Crippen MR) is 78.0 cm³/mol. The second-order valence-corrected chi connectivity index (χ2v) is 8.49. The normalized spacial score (nSPS) is 17.4. The Kier molecular flexibility index (Phi) is 4.73. The number of carbonyl (C=O) groups is 1. The van der Waals surface area contributed by atoms with Crippen molar-refractivity contribution in [2.45, 2.75) is 30.8 Å². The largest absolute Gasteiger partial charge is 0.381 e. The minimum atomic E-state index is -3.80. The average molecular weight is 338 g/mol. The van der Waals surface area contributed by atoms with Crippen molar-refractivity contribution in [1.82, 2.24) is 4.90 Å². The van der Waals surface area contributed by atoms with Gasteiger partial charge in [0, 0.05) is 35.8 Å². The van der Waals surface area contributed by atoms with E-state index in [4.69, 9.17) is 15.4 Å². The Morgan fingerprint density at radius 2 is 2.05 bits per heavy atom. The quantitative estimate of drug-likeness (QED) is 0.793. The summed E-state index contributed by atoms with van der Waals surface area (Å²) in [5, 5.41) is 0. The lowest BCUT2D eigenvalue weighted by Crippen LogP contribution is -2.40. The second-order valence-electron chi connectivity index (χ2n) is 4.70. The van der Waals surface area contributed by atoms with Crippen molar-refractivity contribution < 1.29 is 17.9 Å². The molecule has 0 spiro atoms. The molecule has 0 N–H and O–H groups in total. The van der Waals surface area contributed by atoms with Crippen LogP contribution in [0.2, 0.25) is 0 Å². The van der Waals surface area contributed by atoms with Gasteiger partial charge in [-0.05, 0) is 25.8 Å². The Labute approximate surface area is 126 Å². The third-order valence-electron chi connectivity index (χ3n) is 3.41. The Bertz CT molecular complexity index is 603. The summed E-state index contributed by atoms with van der Waals surface area (Å²) in [7, 11) is 3.21. The van der Waals surface area contributed by atoms with Crippen molar-refractivity contribution in [2.75, 3.05) is 20.2 Å². The smallest absolute Gasteiger partial charge is 0.263 e. The monoisotopic (exact) mass is 337 g/mol. The van der Waals surface area contributed by atoms with Crippen molar-refractivity contribution in [3.05, 3.63) is 15.8 Å². The highest BCUT2D eigenvalue weighted by Gasteiger charge is 2.26. The van der Waals surface area contributed by atoms with E-state index in [0.717, 1.165) is 24.2 Å². The molecule has 1 aromatic rings. The lowest BCUT2D eigenvalue weighted by atomic mass is 10.1. The van der Waals surface area contributed by atoms with Crippen molar-refractivity contribution in [3.63, 3.8) is 0 Å². The molecule has 2 heterocycles. The van der Waals surface area contributed by atoms with E-state index in [1.165, 1.54) is 6.07 Å². The van der Waals surface area contributed by atoms with Crippen LogP contribution in [0.25, 0.3) is 0 Å². The van der Waals surface area contributed by atoms with E-state index in [1.807, 2.05) is 0 Å². The van der Waals surface area contributed by atoms with Crippen LogP contribution in [0, 0.1) is 6.92 Å². The number of carbonyl (C=O) groups excluding carboxylic acids is 1. The van der Waals surface area contributed by atoms with Gasteiger partial charge in [-0.15, -0.1) is 11.3 Å². The number of rotatable bonds is 3. The molecule has 8 heteroatoms. The van der Waals surface area contributed by atoms with E-state index in [0.29, 0.717) is 22.8 Å². The summed E-state index contributed by atoms with van der Waals surface area (Å²) in [6.45, 7) is 2.89. The Morgan fingerprint density at radius 1 is 1.45 bits per heavy atom. The highest BCUT2D eigenvalue weighted by Crippen LogP contribution is 2.29. The van der Waals surface area contributed by atoms with Crippen molar-refractivity contribution in [2.24, 2.45) is 0 Å². The number of halogens is 1. The van der Waals surface area contributed by atoms with Gasteiger partial charge in [0.25, 0.3) is 15.0 Å². The average Bonchev–Trinajstić information content (AvgIpc) is 2.80. The molecule has 1 aromatic heterocycles. The fourth-order valence-electron chi connectivity index (χ4n) is 2.26. The maximum atomic E-state index is 12.3. The molecule has 1 amide bonds. The van der Waals surface area contributed by atoms with Crippen LogP contribution in [-0.4, -0.2) is 45.5 Å². The number of thiophene rings is 1. The molecule has 0 aromatic carbocycles. The van der Waals surface area contributed by atoms with Crippen molar-refractivity contribution in [3.8, 4) is 0 Å². The number of methoxy groups -OCH3 is 1. The summed E-state index contributed by atoms with van der Waals surface area (Å²) < 4.78 is 28.0. The SMILES string of the molecule is COC1CCN(C(=O)c2cc(S(=O)(=O)Cl)c(C)s2)CC1. The first-order valence-electron chi connectivity index (χ1n) is 6.20. The maximum absolute atomic E-state index is 12.3. The molecular formula is C12H16ClNO4S2. The van der Waals surface area contributed by atoms with Gasteiger partial charge in [0.2, 0.25) is 0 Å². The number of likely N-dealkylation sites (tertiary alicyclic amines) is 1. The minimum absolute atomic E-state index is 0.0271. The number of aryl methyl sites for hydroxylation is 1.